The topological polar surface area (TPSA) is 90.0 Å². The first-order valence-corrected chi connectivity index (χ1v) is 10.3. The minimum absolute atomic E-state index is 0.110. The molecule has 0 bridgehead atoms. The van der Waals surface area contributed by atoms with E-state index < -0.39 is 0 Å². The molecule has 142 valence electrons. The average molecular weight is 412 g/mol. The number of amides is 1. The number of fused-ring (bicyclic) bond motifs is 1. The van der Waals surface area contributed by atoms with Gasteiger partial charge in [0.05, 0.1) is 29.4 Å². The van der Waals surface area contributed by atoms with E-state index in [2.05, 4.69) is 15.3 Å². The molecule has 1 aromatic carbocycles. The van der Waals surface area contributed by atoms with E-state index in [0.717, 1.165) is 5.69 Å². The molecule has 0 spiro atoms. The molecular formula is C19H16N4O3S2. The summed E-state index contributed by atoms with van der Waals surface area (Å²) in [6, 6.07) is 10.9. The third-order valence-electron chi connectivity index (χ3n) is 3.90. The van der Waals surface area contributed by atoms with Crippen molar-refractivity contribution in [1.82, 2.24) is 14.5 Å². The zero-order valence-electron chi connectivity index (χ0n) is 14.9. The molecular weight excluding hydrogens is 396 g/mol. The number of benzene rings is 1. The molecule has 3 heterocycles. The number of rotatable bonds is 6. The summed E-state index contributed by atoms with van der Waals surface area (Å²) in [7, 11) is 0. The van der Waals surface area contributed by atoms with Gasteiger partial charge in [0.2, 0.25) is 5.91 Å². The van der Waals surface area contributed by atoms with E-state index in [9.17, 15) is 9.59 Å². The first-order valence-electron chi connectivity index (χ1n) is 8.47. The van der Waals surface area contributed by atoms with Crippen LogP contribution >= 0.6 is 23.1 Å². The van der Waals surface area contributed by atoms with Gasteiger partial charge in [0.25, 0.3) is 5.56 Å². The lowest BCUT2D eigenvalue weighted by Gasteiger charge is -2.11. The Morgan fingerprint density at radius 2 is 2.11 bits per heavy atom. The van der Waals surface area contributed by atoms with Crippen LogP contribution in [-0.2, 0) is 17.1 Å². The summed E-state index contributed by atoms with van der Waals surface area (Å²) in [4.78, 5) is 33.2. The fourth-order valence-corrected chi connectivity index (χ4v) is 4.43. The number of nitrogens with one attached hydrogen (secondary N) is 1. The van der Waals surface area contributed by atoms with Crippen molar-refractivity contribution in [3.8, 4) is 0 Å². The molecule has 0 saturated heterocycles. The summed E-state index contributed by atoms with van der Waals surface area (Å²) in [6.07, 6.45) is 1.58. The average Bonchev–Trinajstić information content (AvgIpc) is 3.34. The number of thioether (sulfide) groups is 1. The van der Waals surface area contributed by atoms with E-state index in [-0.39, 0.29) is 11.5 Å². The van der Waals surface area contributed by atoms with E-state index in [1.54, 1.807) is 23.0 Å². The number of carbonyl (C=O) groups excluding carboxylic acids is 1. The number of hydrogen-bond acceptors (Lipinski definition) is 7. The highest BCUT2D eigenvalue weighted by molar-refractivity contribution is 7.98. The smallest absolute Gasteiger partial charge is 0.262 e. The van der Waals surface area contributed by atoms with E-state index in [0.29, 0.717) is 39.2 Å². The quantitative estimate of drug-likeness (QED) is 0.383. The number of para-hydroxylation sites is 1. The Hall–Kier alpha value is -2.91. The van der Waals surface area contributed by atoms with Crippen LogP contribution in [0.15, 0.2) is 62.4 Å². The van der Waals surface area contributed by atoms with E-state index in [1.807, 2.05) is 29.6 Å². The van der Waals surface area contributed by atoms with Gasteiger partial charge in [-0.1, -0.05) is 23.9 Å². The van der Waals surface area contributed by atoms with Crippen LogP contribution in [0.4, 0.5) is 5.13 Å². The number of carbonyl (C=O) groups is 1. The van der Waals surface area contributed by atoms with Gasteiger partial charge in [-0.15, -0.1) is 11.3 Å². The van der Waals surface area contributed by atoms with Crippen LogP contribution in [0.5, 0.6) is 0 Å². The predicted molar refractivity (Wildman–Crippen MR) is 110 cm³/mol. The lowest BCUT2D eigenvalue weighted by Crippen LogP contribution is -2.23. The monoisotopic (exact) mass is 412 g/mol. The third kappa shape index (κ3) is 4.00. The summed E-state index contributed by atoms with van der Waals surface area (Å²) in [5, 5.41) is 6.28. The van der Waals surface area contributed by atoms with E-state index in [1.165, 1.54) is 30.0 Å². The number of furan rings is 1. The lowest BCUT2D eigenvalue weighted by molar-refractivity contribution is -0.114. The molecule has 0 fully saturated rings. The van der Waals surface area contributed by atoms with E-state index >= 15 is 0 Å². The molecule has 4 aromatic rings. The largest absolute Gasteiger partial charge is 0.467 e. The molecule has 7 nitrogen and oxygen atoms in total. The SMILES string of the molecule is CC(=O)Nc1nc(CSc2nc3ccccc3c(=O)n2Cc2ccco2)cs1. The molecule has 0 radical (unpaired) electrons. The second-order valence-corrected chi connectivity index (χ2v) is 7.80. The van der Waals surface area contributed by atoms with Crippen LogP contribution in [0.2, 0.25) is 0 Å². The van der Waals surface area contributed by atoms with Crippen LogP contribution in [0.1, 0.15) is 18.4 Å². The second kappa shape index (κ2) is 7.99. The maximum atomic E-state index is 13.0. The zero-order chi connectivity index (χ0) is 19.5. The first kappa shape index (κ1) is 18.5. The van der Waals surface area contributed by atoms with Gasteiger partial charge in [-0.3, -0.25) is 14.2 Å². The highest BCUT2D eigenvalue weighted by Crippen LogP contribution is 2.25. The highest BCUT2D eigenvalue weighted by atomic mass is 32.2. The van der Waals surface area contributed by atoms with Gasteiger partial charge >= 0.3 is 0 Å². The Labute approximate surface area is 168 Å². The minimum Gasteiger partial charge on any atom is -0.467 e. The molecule has 28 heavy (non-hydrogen) atoms. The number of nitrogens with zero attached hydrogens (tertiary/aromatic N) is 3. The van der Waals surface area contributed by atoms with E-state index in [4.69, 9.17) is 4.42 Å². The standard InChI is InChI=1S/C19H16N4O3S2/c1-12(24)20-18-21-13(10-27-18)11-28-19-22-16-7-3-2-6-15(16)17(25)23(19)9-14-5-4-8-26-14/h2-8,10H,9,11H2,1H3,(H,20,21,24). The van der Waals surface area contributed by atoms with Crippen LogP contribution in [-0.4, -0.2) is 20.4 Å². The lowest BCUT2D eigenvalue weighted by atomic mass is 10.2. The Morgan fingerprint density at radius 3 is 2.89 bits per heavy atom. The fraction of sp³-hybridized carbons (Fsp3) is 0.158. The summed E-state index contributed by atoms with van der Waals surface area (Å²) in [6.45, 7) is 1.75. The van der Waals surface area contributed by atoms with Gasteiger partial charge in [0.1, 0.15) is 5.76 Å². The number of thiazole rings is 1. The molecule has 3 aromatic heterocycles. The third-order valence-corrected chi connectivity index (χ3v) is 5.72. The van der Waals surface area contributed by atoms with Gasteiger partial charge in [-0.2, -0.15) is 0 Å². The summed E-state index contributed by atoms with van der Waals surface area (Å²) in [5.74, 6) is 1.05. The van der Waals surface area contributed by atoms with Crippen molar-refractivity contribution >= 4 is 45.0 Å². The number of aromatic nitrogens is 3. The predicted octanol–water partition coefficient (Wildman–Crippen LogP) is 3.75. The molecule has 0 saturated carbocycles. The van der Waals surface area contributed by atoms with Crippen molar-refractivity contribution in [1.29, 1.82) is 0 Å². The zero-order valence-corrected chi connectivity index (χ0v) is 16.5. The van der Waals surface area contributed by atoms with Gasteiger partial charge in [-0.05, 0) is 24.3 Å². The molecule has 4 rings (SSSR count). The molecule has 1 amide bonds. The summed E-state index contributed by atoms with van der Waals surface area (Å²) in [5.41, 5.74) is 1.36. The first-order chi connectivity index (χ1) is 13.6. The summed E-state index contributed by atoms with van der Waals surface area (Å²) >= 11 is 2.79. The molecule has 0 aliphatic rings. The second-order valence-electron chi connectivity index (χ2n) is 6.00. The van der Waals surface area contributed by atoms with Crippen molar-refractivity contribution in [3.05, 3.63) is 69.8 Å². The van der Waals surface area contributed by atoms with Crippen molar-refractivity contribution in [2.75, 3.05) is 5.32 Å². The van der Waals surface area contributed by atoms with Crippen LogP contribution in [0, 0.1) is 0 Å². The molecule has 1 N–H and O–H groups in total. The van der Waals surface area contributed by atoms with Crippen molar-refractivity contribution < 1.29 is 9.21 Å². The van der Waals surface area contributed by atoms with Gasteiger partial charge < -0.3 is 9.73 Å². The maximum absolute atomic E-state index is 13.0. The molecule has 9 heteroatoms. The molecule has 0 atom stereocenters. The van der Waals surface area contributed by atoms with Gasteiger partial charge in [0.15, 0.2) is 10.3 Å². The molecule has 0 aliphatic heterocycles. The van der Waals surface area contributed by atoms with Crippen molar-refractivity contribution in [2.45, 2.75) is 24.4 Å². The van der Waals surface area contributed by atoms with Gasteiger partial charge in [-0.25, -0.2) is 9.97 Å². The van der Waals surface area contributed by atoms with Crippen LogP contribution < -0.4 is 10.9 Å². The van der Waals surface area contributed by atoms with Crippen LogP contribution in [0.3, 0.4) is 0 Å². The van der Waals surface area contributed by atoms with Gasteiger partial charge in [0, 0.05) is 18.1 Å². The molecule has 0 unspecified atom stereocenters. The normalized spacial score (nSPS) is 11.0. The molecule has 0 aliphatic carbocycles. The van der Waals surface area contributed by atoms with Crippen LogP contribution in [0.25, 0.3) is 10.9 Å². The fourth-order valence-electron chi connectivity index (χ4n) is 2.68. The summed E-state index contributed by atoms with van der Waals surface area (Å²) < 4.78 is 7.03. The number of hydrogen-bond donors (Lipinski definition) is 1. The van der Waals surface area contributed by atoms with Crippen molar-refractivity contribution in [2.24, 2.45) is 0 Å². The maximum Gasteiger partial charge on any atom is 0.262 e. The minimum atomic E-state index is -0.156. The number of anilines is 1. The Balaban J connectivity index is 1.65. The Morgan fingerprint density at radius 1 is 1.25 bits per heavy atom. The Kier molecular flexibility index (Phi) is 5.27. The highest BCUT2D eigenvalue weighted by Gasteiger charge is 2.14. The van der Waals surface area contributed by atoms with Crippen molar-refractivity contribution in [3.63, 3.8) is 0 Å². The Bertz CT molecular complexity index is 1180.